The molecule has 1 atom stereocenters. The van der Waals surface area contributed by atoms with Crippen molar-refractivity contribution >= 4 is 8.80 Å². The Bertz CT molecular complexity index is 366. The summed E-state index contributed by atoms with van der Waals surface area (Å²) in [6, 6.07) is 10.3. The fraction of sp³-hybridized carbons (Fsp3) is 0.600. The van der Waals surface area contributed by atoms with Gasteiger partial charge in [-0.05, 0) is 31.5 Å². The zero-order valence-electron chi connectivity index (χ0n) is 13.3. The van der Waals surface area contributed by atoms with Crippen LogP contribution in [0.4, 0.5) is 0 Å². The van der Waals surface area contributed by atoms with E-state index in [0.29, 0.717) is 6.54 Å². The Labute approximate surface area is 129 Å². The molecule has 0 fully saturated rings. The van der Waals surface area contributed by atoms with E-state index in [2.05, 4.69) is 17.4 Å². The highest BCUT2D eigenvalue weighted by atomic mass is 28.4. The molecule has 1 aromatic rings. The van der Waals surface area contributed by atoms with Crippen molar-refractivity contribution in [2.75, 3.05) is 34.4 Å². The van der Waals surface area contributed by atoms with Gasteiger partial charge in [-0.3, -0.25) is 0 Å². The van der Waals surface area contributed by atoms with E-state index in [-0.39, 0.29) is 5.54 Å². The maximum absolute atomic E-state index is 5.72. The predicted octanol–water partition coefficient (Wildman–Crippen LogP) is 1.76. The number of benzene rings is 1. The zero-order valence-corrected chi connectivity index (χ0v) is 14.3. The summed E-state index contributed by atoms with van der Waals surface area (Å²) >= 11 is 0. The Kier molecular flexibility index (Phi) is 8.75. The first-order valence-electron chi connectivity index (χ1n) is 7.32. The Morgan fingerprint density at radius 2 is 1.67 bits per heavy atom. The van der Waals surface area contributed by atoms with Crippen LogP contribution in [0.5, 0.6) is 0 Å². The lowest BCUT2D eigenvalue weighted by molar-refractivity contribution is 0.108. The summed E-state index contributed by atoms with van der Waals surface area (Å²) in [6.45, 7) is 2.34. The fourth-order valence-corrected chi connectivity index (χ4v) is 5.07. The molecular weight excluding hydrogens is 284 g/mol. The van der Waals surface area contributed by atoms with Crippen molar-refractivity contribution in [3.8, 4) is 0 Å². The summed E-state index contributed by atoms with van der Waals surface area (Å²) in [5, 5.41) is 3.45. The largest absolute Gasteiger partial charge is 0.503 e. The maximum Gasteiger partial charge on any atom is 0.503 e. The summed E-state index contributed by atoms with van der Waals surface area (Å²) in [4.78, 5) is 0. The molecule has 1 unspecified atom stereocenters. The number of nitrogens with two attached hydrogens (primary N) is 1. The molecule has 0 amide bonds. The van der Waals surface area contributed by atoms with Gasteiger partial charge in [0.05, 0.1) is 0 Å². The van der Waals surface area contributed by atoms with Gasteiger partial charge in [0.1, 0.15) is 0 Å². The molecule has 0 aliphatic carbocycles. The zero-order chi connectivity index (χ0) is 15.6. The molecule has 0 aliphatic rings. The van der Waals surface area contributed by atoms with Crippen molar-refractivity contribution in [2.24, 2.45) is 5.73 Å². The number of rotatable bonds is 11. The lowest BCUT2D eigenvalue weighted by Crippen LogP contribution is -2.49. The van der Waals surface area contributed by atoms with Crippen LogP contribution < -0.4 is 11.1 Å². The maximum atomic E-state index is 5.72. The third kappa shape index (κ3) is 5.50. The van der Waals surface area contributed by atoms with Gasteiger partial charge >= 0.3 is 8.80 Å². The van der Waals surface area contributed by atoms with Crippen molar-refractivity contribution in [2.45, 2.75) is 24.9 Å². The molecule has 1 aromatic carbocycles. The van der Waals surface area contributed by atoms with Gasteiger partial charge in [-0.1, -0.05) is 30.3 Å². The molecule has 6 heteroatoms. The van der Waals surface area contributed by atoms with Crippen LogP contribution in [-0.4, -0.2) is 43.2 Å². The summed E-state index contributed by atoms with van der Waals surface area (Å²) in [5.41, 5.74) is 7.21. The summed E-state index contributed by atoms with van der Waals surface area (Å²) < 4.78 is 16.7. The average Bonchev–Trinajstić information content (AvgIpc) is 2.54. The number of nitrogens with one attached hydrogen (secondary N) is 1. The highest BCUT2D eigenvalue weighted by Gasteiger charge is 2.46. The van der Waals surface area contributed by atoms with Crippen LogP contribution in [0.15, 0.2) is 30.3 Å². The average molecular weight is 312 g/mol. The Morgan fingerprint density at radius 3 is 2.19 bits per heavy atom. The normalized spacial score (nSPS) is 13.3. The van der Waals surface area contributed by atoms with Gasteiger partial charge in [-0.25, -0.2) is 0 Å². The van der Waals surface area contributed by atoms with Gasteiger partial charge in [0.25, 0.3) is 0 Å². The van der Waals surface area contributed by atoms with E-state index in [9.17, 15) is 0 Å². The van der Waals surface area contributed by atoms with E-state index in [1.165, 1.54) is 5.56 Å². The molecule has 1 rings (SSSR count). The molecule has 3 N–H and O–H groups in total. The highest BCUT2D eigenvalue weighted by Crippen LogP contribution is 2.30. The van der Waals surface area contributed by atoms with Crippen LogP contribution >= 0.6 is 0 Å². The van der Waals surface area contributed by atoms with E-state index in [4.69, 9.17) is 19.0 Å². The van der Waals surface area contributed by atoms with Crippen LogP contribution in [0.3, 0.4) is 0 Å². The molecule has 0 bridgehead atoms. The van der Waals surface area contributed by atoms with Crippen LogP contribution in [0.25, 0.3) is 0 Å². The van der Waals surface area contributed by atoms with E-state index in [0.717, 1.165) is 25.9 Å². The molecule has 0 aliphatic heterocycles. The molecule has 5 nitrogen and oxygen atoms in total. The minimum Gasteiger partial charge on any atom is -0.377 e. The highest BCUT2D eigenvalue weighted by molar-refractivity contribution is 6.62. The van der Waals surface area contributed by atoms with E-state index < -0.39 is 8.80 Å². The Morgan fingerprint density at radius 1 is 1.05 bits per heavy atom. The molecular formula is C15H28N2O3Si. The lowest BCUT2D eigenvalue weighted by atomic mass is 10.2. The minimum atomic E-state index is -2.62. The van der Waals surface area contributed by atoms with Gasteiger partial charge in [0.2, 0.25) is 0 Å². The van der Waals surface area contributed by atoms with Crippen molar-refractivity contribution in [1.82, 2.24) is 5.32 Å². The number of hydrogen-bond acceptors (Lipinski definition) is 5. The second-order valence-electron chi connectivity index (χ2n) is 4.94. The number of hydrogen-bond donors (Lipinski definition) is 2. The van der Waals surface area contributed by atoms with Crippen LogP contribution in [-0.2, 0) is 19.8 Å². The van der Waals surface area contributed by atoms with Gasteiger partial charge in [0, 0.05) is 33.4 Å². The molecule has 0 heterocycles. The third-order valence-corrected chi connectivity index (χ3v) is 6.99. The smallest absolute Gasteiger partial charge is 0.377 e. The Hall–Kier alpha value is -0.763. The first-order valence-corrected chi connectivity index (χ1v) is 9.12. The van der Waals surface area contributed by atoms with Crippen molar-refractivity contribution < 1.29 is 13.3 Å². The molecule has 0 saturated carbocycles. The summed E-state index contributed by atoms with van der Waals surface area (Å²) in [6.07, 6.45) is 1.76. The monoisotopic (exact) mass is 312 g/mol. The van der Waals surface area contributed by atoms with Gasteiger partial charge in [-0.15, -0.1) is 0 Å². The third-order valence-electron chi connectivity index (χ3n) is 3.71. The topological polar surface area (TPSA) is 65.7 Å². The van der Waals surface area contributed by atoms with Crippen molar-refractivity contribution in [3.05, 3.63) is 35.9 Å². The second kappa shape index (κ2) is 10.0. The molecule has 0 spiro atoms. The molecule has 21 heavy (non-hydrogen) atoms. The van der Waals surface area contributed by atoms with Crippen LogP contribution in [0.1, 0.15) is 18.4 Å². The van der Waals surface area contributed by atoms with Gasteiger partial charge < -0.3 is 24.3 Å². The second-order valence-corrected chi connectivity index (χ2v) is 8.19. The van der Waals surface area contributed by atoms with Crippen LogP contribution in [0.2, 0.25) is 5.54 Å². The van der Waals surface area contributed by atoms with E-state index >= 15 is 0 Å². The lowest BCUT2D eigenvalue weighted by Gasteiger charge is -2.32. The Balaban J connectivity index is 2.47. The standard InChI is InChI=1S/C15H28N2O3Si/c1-18-21(19-2,20-3)15(9-11-16)10-12-17-13-14-7-5-4-6-8-14/h4-8,15,17H,9-13,16H2,1-3H3. The molecule has 0 aromatic heterocycles. The summed E-state index contributed by atoms with van der Waals surface area (Å²) in [7, 11) is 2.34. The van der Waals surface area contributed by atoms with Crippen molar-refractivity contribution in [1.29, 1.82) is 0 Å². The minimum absolute atomic E-state index is 0.214. The predicted molar refractivity (Wildman–Crippen MR) is 87.0 cm³/mol. The molecule has 120 valence electrons. The van der Waals surface area contributed by atoms with E-state index in [1.54, 1.807) is 21.3 Å². The fourth-order valence-electron chi connectivity index (χ4n) is 2.55. The first-order chi connectivity index (χ1) is 10.2. The van der Waals surface area contributed by atoms with Gasteiger partial charge in [0.15, 0.2) is 0 Å². The first kappa shape index (κ1) is 18.3. The van der Waals surface area contributed by atoms with Crippen LogP contribution in [0, 0.1) is 0 Å². The molecule has 0 radical (unpaired) electrons. The molecule has 0 saturated heterocycles. The van der Waals surface area contributed by atoms with Gasteiger partial charge in [-0.2, -0.15) is 0 Å². The summed E-state index contributed by atoms with van der Waals surface area (Å²) in [5.74, 6) is 0. The van der Waals surface area contributed by atoms with Crippen molar-refractivity contribution in [3.63, 3.8) is 0 Å². The SMILES string of the molecule is CO[Si](OC)(OC)C(CCN)CCNCc1ccccc1. The quantitative estimate of drug-likeness (QED) is 0.481. The van der Waals surface area contributed by atoms with E-state index in [1.807, 2.05) is 18.2 Å².